The third-order valence-electron chi connectivity index (χ3n) is 3.92. The average Bonchev–Trinajstić information content (AvgIpc) is 2.68. The first-order chi connectivity index (χ1) is 12.3. The fraction of sp³-hybridized carbons (Fsp3) is 0.158. The Balaban J connectivity index is 1.42. The van der Waals surface area contributed by atoms with Gasteiger partial charge in [-0.2, -0.15) is 0 Å². The molecule has 0 spiro atoms. The number of carbonyl (C=O) groups excluding carboxylic acids is 1. The fourth-order valence-electron chi connectivity index (χ4n) is 2.63. The van der Waals surface area contributed by atoms with Crippen LogP contribution >= 0.6 is 0 Å². The second-order valence-electron chi connectivity index (χ2n) is 5.66. The molecule has 25 heavy (non-hydrogen) atoms. The van der Waals surface area contributed by atoms with Gasteiger partial charge in [0.05, 0.1) is 6.54 Å². The van der Waals surface area contributed by atoms with Crippen molar-refractivity contribution in [1.29, 1.82) is 0 Å². The molecule has 0 unspecified atom stereocenters. The lowest BCUT2D eigenvalue weighted by Crippen LogP contribution is -2.48. The maximum absolute atomic E-state index is 12.2. The number of fused-ring (bicyclic) bond motifs is 1. The monoisotopic (exact) mass is 336 g/mol. The lowest BCUT2D eigenvalue weighted by atomic mass is 10.1. The average molecular weight is 336 g/mol. The Hall–Kier alpha value is -3.28. The molecule has 6 heteroatoms. The Labute approximate surface area is 144 Å². The third kappa shape index (κ3) is 3.33. The summed E-state index contributed by atoms with van der Waals surface area (Å²) in [7, 11) is 0. The Bertz CT molecular complexity index is 805. The lowest BCUT2D eigenvalue weighted by molar-refractivity contribution is -0.0548. The second kappa shape index (κ2) is 6.68. The number of nitrogens with zero attached hydrogens (tertiary/aromatic N) is 2. The highest BCUT2D eigenvalue weighted by Gasteiger charge is 2.35. The van der Waals surface area contributed by atoms with Crippen LogP contribution in [0.15, 0.2) is 78.1 Å². The molecule has 4 rings (SSSR count). The molecule has 0 radical (unpaired) electrons. The van der Waals surface area contributed by atoms with Crippen molar-refractivity contribution in [1.82, 2.24) is 4.90 Å². The number of ether oxygens (including phenoxy) is 2. The van der Waals surface area contributed by atoms with Gasteiger partial charge in [0.25, 0.3) is 5.90 Å². The van der Waals surface area contributed by atoms with Crippen LogP contribution < -0.4 is 4.74 Å². The molecule has 1 amide bonds. The highest BCUT2D eigenvalue weighted by Crippen LogP contribution is 2.22. The van der Waals surface area contributed by atoms with Gasteiger partial charge in [0.15, 0.2) is 12.2 Å². The molecule has 2 atom stereocenters. The van der Waals surface area contributed by atoms with E-state index in [-0.39, 0.29) is 12.2 Å². The van der Waals surface area contributed by atoms with E-state index in [9.17, 15) is 4.79 Å². The Kier molecular flexibility index (Phi) is 4.08. The quantitative estimate of drug-likeness (QED) is 0.845. The highest BCUT2D eigenvalue weighted by molar-refractivity contribution is 5.94. The van der Waals surface area contributed by atoms with E-state index in [4.69, 9.17) is 14.3 Å². The van der Waals surface area contributed by atoms with Crippen molar-refractivity contribution in [3.8, 4) is 5.75 Å². The van der Waals surface area contributed by atoms with Gasteiger partial charge in [0, 0.05) is 11.8 Å². The minimum absolute atomic E-state index is 0.298. The van der Waals surface area contributed by atoms with Crippen LogP contribution in [0.2, 0.25) is 0 Å². The number of para-hydroxylation sites is 1. The molecule has 6 nitrogen and oxygen atoms in total. The zero-order valence-corrected chi connectivity index (χ0v) is 13.3. The van der Waals surface area contributed by atoms with Crippen LogP contribution in [-0.4, -0.2) is 35.6 Å². The molecule has 2 aromatic carbocycles. The summed E-state index contributed by atoms with van der Waals surface area (Å²) in [5, 5.41) is 4.04. The number of carbonyl (C=O) groups is 1. The van der Waals surface area contributed by atoms with Gasteiger partial charge in [-0.3, -0.25) is 4.90 Å². The number of hydrogen-bond donors (Lipinski definition) is 0. The van der Waals surface area contributed by atoms with E-state index >= 15 is 0 Å². The summed E-state index contributed by atoms with van der Waals surface area (Å²) < 4.78 is 11.2. The molecule has 2 aliphatic heterocycles. The van der Waals surface area contributed by atoms with Crippen LogP contribution in [0.1, 0.15) is 5.56 Å². The molecule has 0 fully saturated rings. The summed E-state index contributed by atoms with van der Waals surface area (Å²) >= 11 is 0. The predicted octanol–water partition coefficient (Wildman–Crippen LogP) is 3.16. The maximum Gasteiger partial charge on any atom is 0.419 e. The molecule has 0 aromatic heterocycles. The lowest BCUT2D eigenvalue weighted by Gasteiger charge is -2.34. The Morgan fingerprint density at radius 2 is 1.80 bits per heavy atom. The SMILES string of the molecule is O=C(Oc1ccccc1)N1C=C[C@H]2OC(c3ccccc3)=NO[C@H]2C1. The standard InChI is InChI=1S/C19H16N2O4/c22-19(23-15-9-5-2-6-10-15)21-12-11-16-17(13-21)25-20-18(24-16)14-7-3-1-4-8-14/h1-12,16-17H,13H2/t16-,17+/m1/s1. The number of oxime groups is 1. The summed E-state index contributed by atoms with van der Waals surface area (Å²) in [6, 6.07) is 18.5. The molecule has 2 heterocycles. The van der Waals surface area contributed by atoms with Crippen molar-refractivity contribution in [3.63, 3.8) is 0 Å². The normalized spacial score (nSPS) is 21.4. The number of amides is 1. The van der Waals surface area contributed by atoms with E-state index in [1.54, 1.807) is 24.4 Å². The molecule has 0 saturated carbocycles. The Morgan fingerprint density at radius 1 is 1.08 bits per heavy atom. The van der Waals surface area contributed by atoms with Crippen LogP contribution in [0, 0.1) is 0 Å². The van der Waals surface area contributed by atoms with Gasteiger partial charge in [-0.15, -0.1) is 0 Å². The van der Waals surface area contributed by atoms with E-state index in [1.165, 1.54) is 4.90 Å². The van der Waals surface area contributed by atoms with Gasteiger partial charge in [-0.1, -0.05) is 36.4 Å². The Morgan fingerprint density at radius 3 is 2.56 bits per heavy atom. The van der Waals surface area contributed by atoms with Crippen molar-refractivity contribution in [3.05, 3.63) is 78.5 Å². The van der Waals surface area contributed by atoms with E-state index in [2.05, 4.69) is 5.16 Å². The van der Waals surface area contributed by atoms with E-state index < -0.39 is 6.09 Å². The maximum atomic E-state index is 12.2. The number of hydrogen-bond acceptors (Lipinski definition) is 5. The van der Waals surface area contributed by atoms with Crippen molar-refractivity contribution >= 4 is 12.0 Å². The summed E-state index contributed by atoms with van der Waals surface area (Å²) in [4.78, 5) is 19.2. The fourth-order valence-corrected chi connectivity index (χ4v) is 2.63. The zero-order chi connectivity index (χ0) is 17.1. The first-order valence-corrected chi connectivity index (χ1v) is 7.97. The van der Waals surface area contributed by atoms with Crippen LogP contribution in [0.25, 0.3) is 0 Å². The highest BCUT2D eigenvalue weighted by atomic mass is 16.7. The smallest absolute Gasteiger partial charge is 0.419 e. The first-order valence-electron chi connectivity index (χ1n) is 7.97. The summed E-state index contributed by atoms with van der Waals surface area (Å²) in [5.74, 6) is 0.931. The van der Waals surface area contributed by atoms with Crippen LogP contribution in [0.3, 0.4) is 0 Å². The van der Waals surface area contributed by atoms with Gasteiger partial charge >= 0.3 is 6.09 Å². The van der Waals surface area contributed by atoms with Crippen molar-refractivity contribution in [2.24, 2.45) is 5.16 Å². The van der Waals surface area contributed by atoms with Crippen molar-refractivity contribution < 1.29 is 19.1 Å². The first kappa shape index (κ1) is 15.3. The molecule has 2 aliphatic rings. The topological polar surface area (TPSA) is 60.4 Å². The van der Waals surface area contributed by atoms with Gasteiger partial charge in [0.1, 0.15) is 5.75 Å². The van der Waals surface area contributed by atoms with Gasteiger partial charge in [-0.25, -0.2) is 4.79 Å². The summed E-state index contributed by atoms with van der Waals surface area (Å²) in [6.07, 6.45) is 2.29. The number of benzene rings is 2. The molecular formula is C19H16N2O4. The summed E-state index contributed by atoms with van der Waals surface area (Å²) in [6.45, 7) is 0.304. The second-order valence-corrected chi connectivity index (χ2v) is 5.66. The molecule has 0 aliphatic carbocycles. The molecule has 126 valence electrons. The molecular weight excluding hydrogens is 320 g/mol. The van der Waals surface area contributed by atoms with E-state index in [1.807, 2.05) is 48.5 Å². The number of rotatable bonds is 2. The molecule has 0 bridgehead atoms. The van der Waals surface area contributed by atoms with Gasteiger partial charge in [0.2, 0.25) is 0 Å². The van der Waals surface area contributed by atoms with Crippen molar-refractivity contribution in [2.75, 3.05) is 6.54 Å². The summed E-state index contributed by atoms with van der Waals surface area (Å²) in [5.41, 5.74) is 0.847. The van der Waals surface area contributed by atoms with Crippen LogP contribution in [-0.2, 0) is 9.57 Å². The van der Waals surface area contributed by atoms with Crippen LogP contribution in [0.5, 0.6) is 5.75 Å². The molecule has 0 N–H and O–H groups in total. The van der Waals surface area contributed by atoms with Crippen LogP contribution in [0.4, 0.5) is 4.79 Å². The molecule has 0 saturated heterocycles. The molecule has 2 aromatic rings. The zero-order valence-electron chi connectivity index (χ0n) is 13.3. The minimum atomic E-state index is -0.470. The predicted molar refractivity (Wildman–Crippen MR) is 91.0 cm³/mol. The largest absolute Gasteiger partial charge is 0.463 e. The minimum Gasteiger partial charge on any atom is -0.463 e. The van der Waals surface area contributed by atoms with E-state index in [0.29, 0.717) is 18.2 Å². The van der Waals surface area contributed by atoms with Gasteiger partial charge in [-0.05, 0) is 35.5 Å². The van der Waals surface area contributed by atoms with Gasteiger partial charge < -0.3 is 14.3 Å². The van der Waals surface area contributed by atoms with Crippen molar-refractivity contribution in [2.45, 2.75) is 12.2 Å². The third-order valence-corrected chi connectivity index (χ3v) is 3.92. The van der Waals surface area contributed by atoms with E-state index in [0.717, 1.165) is 5.56 Å².